The summed E-state index contributed by atoms with van der Waals surface area (Å²) >= 11 is 0. The Hall–Kier alpha value is -2.60. The third-order valence-electron chi connectivity index (χ3n) is 3.48. The van der Waals surface area contributed by atoms with Crippen LogP contribution in [0.25, 0.3) is 0 Å². The lowest BCUT2D eigenvalue weighted by molar-refractivity contribution is 0.102. The van der Waals surface area contributed by atoms with Crippen LogP contribution in [0.3, 0.4) is 0 Å². The third kappa shape index (κ3) is 3.78. The van der Waals surface area contributed by atoms with Crippen LogP contribution in [-0.4, -0.2) is 37.8 Å². The normalized spacial score (nSPS) is 12.4. The highest BCUT2D eigenvalue weighted by Gasteiger charge is 2.15. The summed E-state index contributed by atoms with van der Waals surface area (Å²) in [6.45, 7) is 1.61. The van der Waals surface area contributed by atoms with Crippen LogP contribution in [0.4, 0.5) is 5.69 Å². The van der Waals surface area contributed by atoms with Crippen LogP contribution in [0.5, 0.6) is 11.6 Å². The summed E-state index contributed by atoms with van der Waals surface area (Å²) in [5.74, 6) is 1.19. The second-order valence-corrected chi connectivity index (χ2v) is 5.10. The number of amides is 1. The van der Waals surface area contributed by atoms with Crippen LogP contribution in [0, 0.1) is 0 Å². The highest BCUT2D eigenvalue weighted by molar-refractivity contribution is 6.04. The smallest absolute Gasteiger partial charge is 0.255 e. The van der Waals surface area contributed by atoms with Gasteiger partial charge in [0.15, 0.2) is 0 Å². The lowest BCUT2D eigenvalue weighted by atomic mass is 10.1. The Morgan fingerprint density at radius 3 is 3.00 bits per heavy atom. The number of benzene rings is 1. The van der Waals surface area contributed by atoms with Gasteiger partial charge < -0.3 is 19.5 Å². The molecule has 2 aromatic rings. The van der Waals surface area contributed by atoms with E-state index < -0.39 is 0 Å². The SMILES string of the molecule is COCCOc1ccc(NC(=O)c2ccc3c(c2)CCO3)cn1. The molecule has 0 fully saturated rings. The number of hydrogen-bond donors (Lipinski definition) is 1. The van der Waals surface area contributed by atoms with E-state index in [0.29, 0.717) is 37.0 Å². The molecule has 0 radical (unpaired) electrons. The first-order valence-electron chi connectivity index (χ1n) is 7.41. The van der Waals surface area contributed by atoms with Crippen LogP contribution >= 0.6 is 0 Å². The Labute approximate surface area is 134 Å². The Kier molecular flexibility index (Phi) is 4.73. The fraction of sp³-hybridized carbons (Fsp3) is 0.294. The van der Waals surface area contributed by atoms with E-state index in [-0.39, 0.29) is 5.91 Å². The number of methoxy groups -OCH3 is 1. The molecule has 1 aromatic heterocycles. The topological polar surface area (TPSA) is 69.7 Å². The molecule has 23 heavy (non-hydrogen) atoms. The lowest BCUT2D eigenvalue weighted by Gasteiger charge is -2.08. The number of aromatic nitrogens is 1. The first kappa shape index (κ1) is 15.3. The van der Waals surface area contributed by atoms with E-state index in [9.17, 15) is 4.79 Å². The average molecular weight is 314 g/mol. The molecular weight excluding hydrogens is 296 g/mol. The third-order valence-corrected chi connectivity index (χ3v) is 3.48. The largest absolute Gasteiger partial charge is 0.493 e. The zero-order valence-electron chi connectivity index (χ0n) is 12.9. The van der Waals surface area contributed by atoms with Crippen molar-refractivity contribution in [2.75, 3.05) is 32.2 Å². The highest BCUT2D eigenvalue weighted by atomic mass is 16.5. The first-order valence-corrected chi connectivity index (χ1v) is 7.41. The standard InChI is InChI=1S/C17H18N2O4/c1-21-8-9-23-16-5-3-14(11-18-16)19-17(20)13-2-4-15-12(10-13)6-7-22-15/h2-5,10-11H,6-9H2,1H3,(H,19,20). The zero-order valence-corrected chi connectivity index (χ0v) is 12.9. The number of carbonyl (C=O) groups excluding carboxylic acids is 1. The van der Waals surface area contributed by atoms with Gasteiger partial charge in [0.05, 0.1) is 25.1 Å². The molecule has 1 N–H and O–H groups in total. The number of fused-ring (bicyclic) bond motifs is 1. The minimum Gasteiger partial charge on any atom is -0.493 e. The summed E-state index contributed by atoms with van der Waals surface area (Å²) in [5, 5.41) is 2.82. The number of nitrogens with zero attached hydrogens (tertiary/aromatic N) is 1. The Bertz CT molecular complexity index is 685. The molecule has 0 saturated heterocycles. The molecule has 0 saturated carbocycles. The molecule has 0 aliphatic carbocycles. The average Bonchev–Trinajstić information content (AvgIpc) is 3.04. The van der Waals surface area contributed by atoms with Crippen molar-refractivity contribution in [3.05, 3.63) is 47.7 Å². The minimum atomic E-state index is -0.172. The molecule has 1 amide bonds. The van der Waals surface area contributed by atoms with Crippen molar-refractivity contribution in [2.45, 2.75) is 6.42 Å². The van der Waals surface area contributed by atoms with Crippen LogP contribution in [0.15, 0.2) is 36.5 Å². The molecular formula is C17H18N2O4. The van der Waals surface area contributed by atoms with E-state index in [0.717, 1.165) is 17.7 Å². The summed E-state index contributed by atoms with van der Waals surface area (Å²) in [6.07, 6.45) is 2.40. The number of anilines is 1. The van der Waals surface area contributed by atoms with Crippen molar-refractivity contribution < 1.29 is 19.0 Å². The molecule has 0 unspecified atom stereocenters. The fourth-order valence-electron chi connectivity index (χ4n) is 2.30. The number of ether oxygens (including phenoxy) is 3. The Morgan fingerprint density at radius 1 is 1.30 bits per heavy atom. The van der Waals surface area contributed by atoms with Gasteiger partial charge in [0, 0.05) is 25.2 Å². The van der Waals surface area contributed by atoms with Gasteiger partial charge in [0.1, 0.15) is 12.4 Å². The fourth-order valence-corrected chi connectivity index (χ4v) is 2.30. The van der Waals surface area contributed by atoms with E-state index in [2.05, 4.69) is 10.3 Å². The molecule has 0 bridgehead atoms. The monoisotopic (exact) mass is 314 g/mol. The summed E-state index contributed by atoms with van der Waals surface area (Å²) in [5.41, 5.74) is 2.29. The number of hydrogen-bond acceptors (Lipinski definition) is 5. The summed E-state index contributed by atoms with van der Waals surface area (Å²) in [7, 11) is 1.61. The van der Waals surface area contributed by atoms with Crippen LogP contribution in [-0.2, 0) is 11.2 Å². The van der Waals surface area contributed by atoms with Gasteiger partial charge in [-0.05, 0) is 29.8 Å². The molecule has 120 valence electrons. The molecule has 1 aliphatic rings. The maximum absolute atomic E-state index is 12.3. The molecule has 3 rings (SSSR count). The van der Waals surface area contributed by atoms with Crippen molar-refractivity contribution in [3.63, 3.8) is 0 Å². The van der Waals surface area contributed by atoms with Gasteiger partial charge in [-0.15, -0.1) is 0 Å². The quantitative estimate of drug-likeness (QED) is 0.829. The van der Waals surface area contributed by atoms with Crippen molar-refractivity contribution >= 4 is 11.6 Å². The lowest BCUT2D eigenvalue weighted by Crippen LogP contribution is -2.12. The van der Waals surface area contributed by atoms with Crippen molar-refractivity contribution in [1.82, 2.24) is 4.98 Å². The van der Waals surface area contributed by atoms with Gasteiger partial charge in [-0.3, -0.25) is 4.79 Å². The first-order chi connectivity index (χ1) is 11.3. The second kappa shape index (κ2) is 7.11. The van der Waals surface area contributed by atoms with E-state index in [1.165, 1.54) is 0 Å². The summed E-state index contributed by atoms with van der Waals surface area (Å²) in [6, 6.07) is 8.93. The summed E-state index contributed by atoms with van der Waals surface area (Å²) < 4.78 is 15.7. The molecule has 1 aliphatic heterocycles. The van der Waals surface area contributed by atoms with Gasteiger partial charge in [-0.2, -0.15) is 0 Å². The van der Waals surface area contributed by atoms with E-state index in [1.54, 1.807) is 31.5 Å². The van der Waals surface area contributed by atoms with E-state index >= 15 is 0 Å². The van der Waals surface area contributed by atoms with Gasteiger partial charge in [0.25, 0.3) is 5.91 Å². The van der Waals surface area contributed by atoms with Gasteiger partial charge in [-0.25, -0.2) is 4.98 Å². The zero-order chi connectivity index (χ0) is 16.1. The van der Waals surface area contributed by atoms with Crippen LogP contribution < -0.4 is 14.8 Å². The molecule has 6 nitrogen and oxygen atoms in total. The molecule has 0 atom stereocenters. The highest BCUT2D eigenvalue weighted by Crippen LogP contribution is 2.26. The van der Waals surface area contributed by atoms with E-state index in [4.69, 9.17) is 14.2 Å². The summed E-state index contributed by atoms with van der Waals surface area (Å²) in [4.78, 5) is 16.4. The molecule has 2 heterocycles. The predicted molar refractivity (Wildman–Crippen MR) is 85.2 cm³/mol. The molecule has 0 spiro atoms. The number of nitrogens with one attached hydrogen (secondary N) is 1. The Balaban J connectivity index is 1.61. The van der Waals surface area contributed by atoms with Gasteiger partial charge >= 0.3 is 0 Å². The van der Waals surface area contributed by atoms with Crippen molar-refractivity contribution in [1.29, 1.82) is 0 Å². The van der Waals surface area contributed by atoms with Gasteiger partial charge in [0.2, 0.25) is 5.88 Å². The number of pyridine rings is 1. The Morgan fingerprint density at radius 2 is 2.22 bits per heavy atom. The van der Waals surface area contributed by atoms with Crippen LogP contribution in [0.2, 0.25) is 0 Å². The van der Waals surface area contributed by atoms with Crippen molar-refractivity contribution in [3.8, 4) is 11.6 Å². The number of rotatable bonds is 6. The maximum atomic E-state index is 12.3. The minimum absolute atomic E-state index is 0.172. The molecule has 6 heteroatoms. The molecule has 1 aromatic carbocycles. The van der Waals surface area contributed by atoms with Crippen LogP contribution in [0.1, 0.15) is 15.9 Å². The van der Waals surface area contributed by atoms with Crippen molar-refractivity contribution in [2.24, 2.45) is 0 Å². The maximum Gasteiger partial charge on any atom is 0.255 e. The number of carbonyl (C=O) groups is 1. The predicted octanol–water partition coefficient (Wildman–Crippen LogP) is 2.29. The second-order valence-electron chi connectivity index (χ2n) is 5.10. The van der Waals surface area contributed by atoms with Gasteiger partial charge in [-0.1, -0.05) is 0 Å². The van der Waals surface area contributed by atoms with E-state index in [1.807, 2.05) is 12.1 Å².